The van der Waals surface area contributed by atoms with Gasteiger partial charge in [0.1, 0.15) is 34.6 Å². The zero-order chi connectivity index (χ0) is 28.4. The zero-order valence-electron chi connectivity index (χ0n) is 22.2. The summed E-state index contributed by atoms with van der Waals surface area (Å²) in [4.78, 5) is 0. The van der Waals surface area contributed by atoms with E-state index in [-0.39, 0.29) is 25.7 Å². The molecule has 0 bridgehead atoms. The molecule has 6 N–H and O–H groups in total. The lowest BCUT2D eigenvalue weighted by molar-refractivity contribution is -0.380. The summed E-state index contributed by atoms with van der Waals surface area (Å²) in [7, 11) is 0. The van der Waals surface area contributed by atoms with Crippen LogP contribution in [0.1, 0.15) is 22.3 Å². The van der Waals surface area contributed by atoms with E-state index in [0.717, 1.165) is 0 Å². The predicted octanol–water partition coefficient (Wildman–Crippen LogP) is 2.62. The Labute approximate surface area is 234 Å². The second kappa shape index (κ2) is 10.9. The maximum Gasteiger partial charge on any atom is 0.132 e. The summed E-state index contributed by atoms with van der Waals surface area (Å²) >= 11 is 0. The standard InChI is InChI=1S/C34H36O6/c35-29-30(36)32(38,22-26-15-7-2-8-16-26)34(40,24-28-19-11-4-12-20-28)33(39,23-27-17-9-3-10-18-27)31(29,37)21-25-13-5-1-6-14-25/h1-20,29-30,35-40H,21-24H2/t29-,30+,31-,32-,33+,34+/m1/s1. The van der Waals surface area contributed by atoms with Crippen molar-refractivity contribution >= 4 is 0 Å². The van der Waals surface area contributed by atoms with Gasteiger partial charge in [-0.2, -0.15) is 0 Å². The third kappa shape index (κ3) is 4.67. The monoisotopic (exact) mass is 540 g/mol. The van der Waals surface area contributed by atoms with Gasteiger partial charge in [0, 0.05) is 25.7 Å². The molecule has 4 aromatic carbocycles. The highest BCUT2D eigenvalue weighted by Crippen LogP contribution is 2.54. The fourth-order valence-corrected chi connectivity index (χ4v) is 6.42. The predicted molar refractivity (Wildman–Crippen MR) is 152 cm³/mol. The third-order valence-corrected chi connectivity index (χ3v) is 8.63. The average molecular weight is 541 g/mol. The quantitative estimate of drug-likeness (QED) is 0.204. The van der Waals surface area contributed by atoms with Crippen molar-refractivity contribution in [3.8, 4) is 0 Å². The summed E-state index contributed by atoms with van der Waals surface area (Å²) in [5, 5.41) is 73.9. The molecule has 5 rings (SSSR count). The Balaban J connectivity index is 1.75. The molecule has 0 amide bonds. The minimum absolute atomic E-state index is 0.284. The fourth-order valence-electron chi connectivity index (χ4n) is 6.42. The van der Waals surface area contributed by atoms with Crippen LogP contribution in [0, 0.1) is 0 Å². The first kappa shape index (κ1) is 28.2. The first-order valence-corrected chi connectivity index (χ1v) is 13.5. The van der Waals surface area contributed by atoms with Gasteiger partial charge in [0.15, 0.2) is 0 Å². The molecular formula is C34H36O6. The van der Waals surface area contributed by atoms with E-state index in [4.69, 9.17) is 0 Å². The molecule has 6 atom stereocenters. The molecule has 0 aromatic heterocycles. The van der Waals surface area contributed by atoms with Crippen LogP contribution in [0.4, 0.5) is 0 Å². The van der Waals surface area contributed by atoms with E-state index < -0.39 is 34.6 Å². The molecule has 0 spiro atoms. The zero-order valence-corrected chi connectivity index (χ0v) is 22.2. The highest BCUT2D eigenvalue weighted by molar-refractivity contribution is 5.38. The summed E-state index contributed by atoms with van der Waals surface area (Å²) in [5.41, 5.74) is -7.67. The average Bonchev–Trinajstić information content (AvgIpc) is 2.97. The highest BCUT2D eigenvalue weighted by atomic mass is 16.5. The van der Waals surface area contributed by atoms with Crippen molar-refractivity contribution in [3.63, 3.8) is 0 Å². The smallest absolute Gasteiger partial charge is 0.132 e. The molecular weight excluding hydrogens is 504 g/mol. The minimum atomic E-state index is -2.53. The summed E-state index contributed by atoms with van der Waals surface area (Å²) < 4.78 is 0. The van der Waals surface area contributed by atoms with Gasteiger partial charge in [0.05, 0.1) is 0 Å². The molecule has 1 aliphatic rings. The second-order valence-corrected chi connectivity index (χ2v) is 11.1. The molecule has 0 unspecified atom stereocenters. The first-order valence-electron chi connectivity index (χ1n) is 13.5. The first-order chi connectivity index (χ1) is 19.1. The van der Waals surface area contributed by atoms with Crippen molar-refractivity contribution in [1.82, 2.24) is 0 Å². The van der Waals surface area contributed by atoms with Crippen LogP contribution in [0.3, 0.4) is 0 Å². The molecule has 1 fully saturated rings. The van der Waals surface area contributed by atoms with Crippen LogP contribution in [-0.4, -0.2) is 65.3 Å². The summed E-state index contributed by atoms with van der Waals surface area (Å²) in [5.74, 6) is 0. The number of hydrogen-bond donors (Lipinski definition) is 6. The topological polar surface area (TPSA) is 121 Å². The number of rotatable bonds is 8. The summed E-state index contributed by atoms with van der Waals surface area (Å²) in [6.45, 7) is 0. The van der Waals surface area contributed by atoms with E-state index in [9.17, 15) is 30.6 Å². The van der Waals surface area contributed by atoms with E-state index in [1.54, 1.807) is 109 Å². The van der Waals surface area contributed by atoms with E-state index in [1.807, 2.05) is 12.1 Å². The van der Waals surface area contributed by atoms with Crippen molar-refractivity contribution in [2.24, 2.45) is 0 Å². The van der Waals surface area contributed by atoms with Gasteiger partial charge in [-0.1, -0.05) is 121 Å². The summed E-state index contributed by atoms with van der Waals surface area (Å²) in [6.07, 6.45) is -5.19. The van der Waals surface area contributed by atoms with Crippen LogP contribution in [0.5, 0.6) is 0 Å². The fraction of sp³-hybridized carbons (Fsp3) is 0.294. The van der Waals surface area contributed by atoms with Gasteiger partial charge in [-0.25, -0.2) is 0 Å². The molecule has 0 heterocycles. The van der Waals surface area contributed by atoms with Crippen LogP contribution in [-0.2, 0) is 25.7 Å². The molecule has 0 saturated heterocycles. The van der Waals surface area contributed by atoms with Crippen LogP contribution < -0.4 is 0 Å². The van der Waals surface area contributed by atoms with Gasteiger partial charge in [0.2, 0.25) is 0 Å². The Kier molecular flexibility index (Phi) is 7.68. The van der Waals surface area contributed by atoms with Crippen LogP contribution >= 0.6 is 0 Å². The number of hydrogen-bond acceptors (Lipinski definition) is 6. The second-order valence-electron chi connectivity index (χ2n) is 11.1. The van der Waals surface area contributed by atoms with Gasteiger partial charge >= 0.3 is 0 Å². The molecule has 0 aliphatic heterocycles. The van der Waals surface area contributed by atoms with Gasteiger partial charge in [-0.3, -0.25) is 0 Å². The number of aliphatic hydroxyl groups is 6. The Hall–Kier alpha value is -3.36. The molecule has 208 valence electrons. The molecule has 0 radical (unpaired) electrons. The Morgan fingerprint density at radius 1 is 0.375 bits per heavy atom. The van der Waals surface area contributed by atoms with Gasteiger partial charge < -0.3 is 30.6 Å². The van der Waals surface area contributed by atoms with E-state index in [0.29, 0.717) is 22.3 Å². The Bertz CT molecular complexity index is 1280. The highest BCUT2D eigenvalue weighted by Gasteiger charge is 2.78. The lowest BCUT2D eigenvalue weighted by Crippen LogP contribution is -2.89. The SMILES string of the molecule is O[C@@H]1[C@H](O)[C@](O)(Cc2ccccc2)[C@@](O)(Cc2ccccc2)[C@](O)(Cc2ccccc2)[C@@]1(O)Cc1ccccc1. The molecule has 6 heteroatoms. The maximum atomic E-state index is 12.9. The van der Waals surface area contributed by atoms with Crippen molar-refractivity contribution in [2.45, 2.75) is 60.3 Å². The third-order valence-electron chi connectivity index (χ3n) is 8.63. The van der Waals surface area contributed by atoms with Crippen LogP contribution in [0.15, 0.2) is 121 Å². The number of benzene rings is 4. The lowest BCUT2D eigenvalue weighted by Gasteiger charge is -2.65. The summed E-state index contributed by atoms with van der Waals surface area (Å²) in [6, 6.07) is 35.3. The number of aliphatic hydroxyl groups excluding tert-OH is 2. The van der Waals surface area contributed by atoms with Gasteiger partial charge in [-0.05, 0) is 22.3 Å². The van der Waals surface area contributed by atoms with Crippen LogP contribution in [0.25, 0.3) is 0 Å². The van der Waals surface area contributed by atoms with Gasteiger partial charge in [0.25, 0.3) is 0 Å². The van der Waals surface area contributed by atoms with Crippen molar-refractivity contribution in [1.29, 1.82) is 0 Å². The van der Waals surface area contributed by atoms with E-state index >= 15 is 0 Å². The normalized spacial score (nSPS) is 32.0. The molecule has 4 aromatic rings. The Morgan fingerprint density at radius 3 is 0.850 bits per heavy atom. The van der Waals surface area contributed by atoms with Crippen molar-refractivity contribution < 1.29 is 30.6 Å². The van der Waals surface area contributed by atoms with E-state index in [1.165, 1.54) is 0 Å². The van der Waals surface area contributed by atoms with E-state index in [2.05, 4.69) is 0 Å². The molecule has 6 nitrogen and oxygen atoms in total. The van der Waals surface area contributed by atoms with Crippen molar-refractivity contribution in [2.75, 3.05) is 0 Å². The Morgan fingerprint density at radius 2 is 0.600 bits per heavy atom. The molecule has 40 heavy (non-hydrogen) atoms. The van der Waals surface area contributed by atoms with Crippen LogP contribution in [0.2, 0.25) is 0 Å². The van der Waals surface area contributed by atoms with Gasteiger partial charge in [-0.15, -0.1) is 0 Å². The largest absolute Gasteiger partial charge is 0.387 e. The molecule has 1 saturated carbocycles. The van der Waals surface area contributed by atoms with Crippen molar-refractivity contribution in [3.05, 3.63) is 144 Å². The molecule has 1 aliphatic carbocycles. The maximum absolute atomic E-state index is 12.9. The lowest BCUT2D eigenvalue weighted by atomic mass is 9.49. The minimum Gasteiger partial charge on any atom is -0.387 e.